The molecule has 0 N–H and O–H groups in total. The van der Waals surface area contributed by atoms with Crippen molar-refractivity contribution in [2.45, 2.75) is 32.9 Å². The molecule has 3 rings (SSSR count). The van der Waals surface area contributed by atoms with Crippen LogP contribution in [0.3, 0.4) is 0 Å². The van der Waals surface area contributed by atoms with Gasteiger partial charge in [-0.25, -0.2) is 4.79 Å². The van der Waals surface area contributed by atoms with Gasteiger partial charge in [0.05, 0.1) is 11.4 Å². The molecule has 0 bridgehead atoms. The van der Waals surface area contributed by atoms with Crippen LogP contribution in [0.25, 0.3) is 0 Å². The van der Waals surface area contributed by atoms with Crippen LogP contribution in [-0.4, -0.2) is 24.8 Å². The SMILES string of the molecule is CC(C)(C)OC(=O)N1CCN(Cc2ccccc2)c2ccccc21. The van der Waals surface area contributed by atoms with Crippen molar-refractivity contribution < 1.29 is 9.53 Å². The van der Waals surface area contributed by atoms with Gasteiger partial charge in [0.2, 0.25) is 0 Å². The minimum atomic E-state index is -0.493. The lowest BCUT2D eigenvalue weighted by Gasteiger charge is -2.38. The molecule has 24 heavy (non-hydrogen) atoms. The lowest BCUT2D eigenvalue weighted by atomic mass is 10.1. The van der Waals surface area contributed by atoms with Crippen LogP contribution in [0.4, 0.5) is 16.2 Å². The van der Waals surface area contributed by atoms with Crippen molar-refractivity contribution >= 4 is 17.5 Å². The van der Waals surface area contributed by atoms with Crippen LogP contribution in [0.15, 0.2) is 54.6 Å². The van der Waals surface area contributed by atoms with Gasteiger partial charge in [0.15, 0.2) is 0 Å². The summed E-state index contributed by atoms with van der Waals surface area (Å²) in [6.07, 6.45) is -0.283. The van der Waals surface area contributed by atoms with E-state index >= 15 is 0 Å². The fourth-order valence-corrected chi connectivity index (χ4v) is 2.90. The second-order valence-electron chi connectivity index (χ2n) is 7.03. The molecule has 4 nitrogen and oxygen atoms in total. The average Bonchev–Trinajstić information content (AvgIpc) is 2.54. The Labute approximate surface area is 143 Å². The number of anilines is 2. The van der Waals surface area contributed by atoms with Crippen molar-refractivity contribution in [2.75, 3.05) is 22.9 Å². The molecule has 0 unspecified atom stereocenters. The van der Waals surface area contributed by atoms with Crippen molar-refractivity contribution in [1.82, 2.24) is 0 Å². The van der Waals surface area contributed by atoms with Gasteiger partial charge in [0.1, 0.15) is 5.60 Å². The molecule has 1 amide bonds. The number of amides is 1. The topological polar surface area (TPSA) is 32.8 Å². The van der Waals surface area contributed by atoms with Crippen LogP contribution >= 0.6 is 0 Å². The summed E-state index contributed by atoms with van der Waals surface area (Å²) in [5.41, 5.74) is 2.75. The van der Waals surface area contributed by atoms with Gasteiger partial charge in [-0.05, 0) is 38.5 Å². The van der Waals surface area contributed by atoms with Gasteiger partial charge in [-0.15, -0.1) is 0 Å². The summed E-state index contributed by atoms with van der Waals surface area (Å²) in [6, 6.07) is 18.4. The Morgan fingerprint density at radius 3 is 2.25 bits per heavy atom. The maximum absolute atomic E-state index is 12.5. The zero-order chi connectivity index (χ0) is 17.2. The summed E-state index contributed by atoms with van der Waals surface area (Å²) in [6.45, 7) is 7.91. The number of nitrogens with zero attached hydrogens (tertiary/aromatic N) is 2. The molecule has 2 aromatic carbocycles. The van der Waals surface area contributed by atoms with Gasteiger partial charge in [0, 0.05) is 19.6 Å². The number of hydrogen-bond acceptors (Lipinski definition) is 3. The number of hydrogen-bond donors (Lipinski definition) is 0. The molecule has 126 valence electrons. The summed E-state index contributed by atoms with van der Waals surface area (Å²) >= 11 is 0. The third-order valence-corrected chi connectivity index (χ3v) is 3.94. The molecular formula is C20H24N2O2. The molecule has 0 fully saturated rings. The second-order valence-corrected chi connectivity index (χ2v) is 7.03. The summed E-state index contributed by atoms with van der Waals surface area (Å²) in [7, 11) is 0. The number of fused-ring (bicyclic) bond motifs is 1. The normalized spacial score (nSPS) is 14.3. The van der Waals surface area contributed by atoms with Crippen LogP contribution in [0.2, 0.25) is 0 Å². The Bertz CT molecular complexity index is 707. The summed E-state index contributed by atoms with van der Waals surface area (Å²) in [5.74, 6) is 0. The fraction of sp³-hybridized carbons (Fsp3) is 0.350. The highest BCUT2D eigenvalue weighted by molar-refractivity contribution is 5.93. The number of para-hydroxylation sites is 2. The third kappa shape index (κ3) is 3.70. The summed E-state index contributed by atoms with van der Waals surface area (Å²) < 4.78 is 5.56. The van der Waals surface area contributed by atoms with Crippen molar-refractivity contribution in [2.24, 2.45) is 0 Å². The zero-order valence-corrected chi connectivity index (χ0v) is 14.5. The molecule has 0 atom stereocenters. The monoisotopic (exact) mass is 324 g/mol. The van der Waals surface area contributed by atoms with E-state index in [9.17, 15) is 4.79 Å². The van der Waals surface area contributed by atoms with Crippen molar-refractivity contribution in [3.63, 3.8) is 0 Å². The van der Waals surface area contributed by atoms with E-state index in [1.807, 2.05) is 45.0 Å². The molecule has 1 aliphatic rings. The van der Waals surface area contributed by atoms with Gasteiger partial charge >= 0.3 is 6.09 Å². The van der Waals surface area contributed by atoms with Crippen molar-refractivity contribution in [1.29, 1.82) is 0 Å². The van der Waals surface area contributed by atoms with Crippen molar-refractivity contribution in [3.8, 4) is 0 Å². The zero-order valence-electron chi connectivity index (χ0n) is 14.5. The summed E-state index contributed by atoms with van der Waals surface area (Å²) in [4.78, 5) is 16.6. The Kier molecular flexibility index (Phi) is 4.47. The van der Waals surface area contributed by atoms with E-state index in [1.165, 1.54) is 5.56 Å². The van der Waals surface area contributed by atoms with Crippen LogP contribution < -0.4 is 9.80 Å². The van der Waals surface area contributed by atoms with E-state index in [0.29, 0.717) is 6.54 Å². The van der Waals surface area contributed by atoms with Gasteiger partial charge < -0.3 is 9.64 Å². The third-order valence-electron chi connectivity index (χ3n) is 3.94. The smallest absolute Gasteiger partial charge is 0.414 e. The van der Waals surface area contributed by atoms with Crippen molar-refractivity contribution in [3.05, 3.63) is 60.2 Å². The first-order valence-electron chi connectivity index (χ1n) is 8.32. The predicted molar refractivity (Wildman–Crippen MR) is 97.5 cm³/mol. The lowest BCUT2D eigenvalue weighted by molar-refractivity contribution is 0.0580. The molecular weight excluding hydrogens is 300 g/mol. The molecule has 0 aliphatic carbocycles. The Morgan fingerprint density at radius 2 is 1.58 bits per heavy atom. The molecule has 0 spiro atoms. The minimum Gasteiger partial charge on any atom is -0.443 e. The largest absolute Gasteiger partial charge is 0.443 e. The Balaban J connectivity index is 1.84. The molecule has 0 aromatic heterocycles. The minimum absolute atomic E-state index is 0.283. The molecule has 0 radical (unpaired) electrons. The number of carbonyl (C=O) groups is 1. The van der Waals surface area contributed by atoms with E-state index in [0.717, 1.165) is 24.5 Å². The molecule has 4 heteroatoms. The van der Waals surface area contributed by atoms with Crippen LogP contribution in [-0.2, 0) is 11.3 Å². The first-order valence-corrected chi connectivity index (χ1v) is 8.32. The highest BCUT2D eigenvalue weighted by Crippen LogP contribution is 2.34. The van der Waals surface area contributed by atoms with Crippen LogP contribution in [0.5, 0.6) is 0 Å². The summed E-state index contributed by atoms with van der Waals surface area (Å²) in [5, 5.41) is 0. The molecule has 1 heterocycles. The van der Waals surface area contributed by atoms with E-state index in [-0.39, 0.29) is 6.09 Å². The van der Waals surface area contributed by atoms with E-state index in [2.05, 4.69) is 35.2 Å². The molecule has 0 saturated carbocycles. The van der Waals surface area contributed by atoms with Gasteiger partial charge in [-0.2, -0.15) is 0 Å². The highest BCUT2D eigenvalue weighted by Gasteiger charge is 2.29. The molecule has 1 aliphatic heterocycles. The maximum atomic E-state index is 12.5. The first kappa shape index (κ1) is 16.4. The Morgan fingerprint density at radius 1 is 0.958 bits per heavy atom. The van der Waals surface area contributed by atoms with E-state index in [1.54, 1.807) is 4.90 Å². The fourth-order valence-electron chi connectivity index (χ4n) is 2.90. The molecule has 0 saturated heterocycles. The number of ether oxygens (including phenoxy) is 1. The van der Waals surface area contributed by atoms with Crippen LogP contribution in [0, 0.1) is 0 Å². The van der Waals surface area contributed by atoms with E-state index in [4.69, 9.17) is 4.74 Å². The number of benzene rings is 2. The quantitative estimate of drug-likeness (QED) is 0.818. The van der Waals surface area contributed by atoms with Gasteiger partial charge in [-0.1, -0.05) is 42.5 Å². The van der Waals surface area contributed by atoms with Crippen LogP contribution in [0.1, 0.15) is 26.3 Å². The highest BCUT2D eigenvalue weighted by atomic mass is 16.6. The maximum Gasteiger partial charge on any atom is 0.414 e. The first-order chi connectivity index (χ1) is 11.4. The van der Waals surface area contributed by atoms with Gasteiger partial charge in [0.25, 0.3) is 0 Å². The second kappa shape index (κ2) is 6.56. The molecule has 2 aromatic rings. The average molecular weight is 324 g/mol. The number of carbonyl (C=O) groups excluding carboxylic acids is 1. The van der Waals surface area contributed by atoms with E-state index < -0.39 is 5.60 Å². The standard InChI is InChI=1S/C20H24N2O2/c1-20(2,3)24-19(23)22-14-13-21(15-16-9-5-4-6-10-16)17-11-7-8-12-18(17)22/h4-12H,13-15H2,1-3H3. The van der Waals surface area contributed by atoms with Gasteiger partial charge in [-0.3, -0.25) is 4.90 Å². The predicted octanol–water partition coefficient (Wildman–Crippen LogP) is 4.45. The Hall–Kier alpha value is -2.49. The number of rotatable bonds is 2. The lowest BCUT2D eigenvalue weighted by Crippen LogP contribution is -2.45.